The molecule has 148 valence electrons. The average molecular weight is 561 g/mol. The van der Waals surface area contributed by atoms with Gasteiger partial charge in [-0.2, -0.15) is 0 Å². The van der Waals surface area contributed by atoms with Gasteiger partial charge < -0.3 is 9.73 Å². The number of hydrogen-bond donors (Lipinski definition) is 2. The van der Waals surface area contributed by atoms with E-state index in [0.29, 0.717) is 27.1 Å². The number of amides is 1. The molecule has 1 amide bonds. The molecule has 2 aromatic carbocycles. The van der Waals surface area contributed by atoms with E-state index in [2.05, 4.69) is 10.6 Å². The number of anilines is 1. The Bertz CT molecular complexity index is 1120. The lowest BCUT2D eigenvalue weighted by molar-refractivity contribution is -0.115. The Morgan fingerprint density at radius 1 is 1.14 bits per heavy atom. The van der Waals surface area contributed by atoms with Crippen molar-refractivity contribution in [3.63, 3.8) is 0 Å². The van der Waals surface area contributed by atoms with Gasteiger partial charge in [0.05, 0.1) is 10.7 Å². The van der Waals surface area contributed by atoms with E-state index in [-0.39, 0.29) is 10.8 Å². The van der Waals surface area contributed by atoms with Gasteiger partial charge in [0.15, 0.2) is 5.11 Å². The molecule has 0 aliphatic rings. The van der Waals surface area contributed by atoms with E-state index in [9.17, 15) is 9.18 Å². The van der Waals surface area contributed by atoms with Crippen LogP contribution in [0.5, 0.6) is 0 Å². The highest BCUT2D eigenvalue weighted by molar-refractivity contribution is 14.1. The third-order valence-corrected chi connectivity index (χ3v) is 5.06. The molecule has 0 fully saturated rings. The fourth-order valence-corrected chi connectivity index (χ4v) is 3.50. The third kappa shape index (κ3) is 6.02. The van der Waals surface area contributed by atoms with Crippen molar-refractivity contribution in [2.24, 2.45) is 0 Å². The van der Waals surface area contributed by atoms with Crippen molar-refractivity contribution in [1.29, 1.82) is 0 Å². The summed E-state index contributed by atoms with van der Waals surface area (Å²) in [6, 6.07) is 13.1. The molecule has 0 radical (unpaired) electrons. The number of benzene rings is 2. The van der Waals surface area contributed by atoms with E-state index >= 15 is 0 Å². The third-order valence-electron chi connectivity index (χ3n) is 3.64. The van der Waals surface area contributed by atoms with E-state index in [1.54, 1.807) is 36.4 Å². The maximum Gasteiger partial charge on any atom is 0.250 e. The highest BCUT2D eigenvalue weighted by atomic mass is 127. The summed E-state index contributed by atoms with van der Waals surface area (Å²) < 4.78 is 20.3. The van der Waals surface area contributed by atoms with Crippen LogP contribution in [-0.2, 0) is 4.79 Å². The number of thiocarbonyl (C=S) groups is 1. The fraction of sp³-hybridized carbons (Fsp3) is 0. The second-order valence-corrected chi connectivity index (χ2v) is 8.22. The number of carbonyl (C=O) groups excluding carboxylic acids is 1. The van der Waals surface area contributed by atoms with Crippen molar-refractivity contribution in [3.05, 3.63) is 79.8 Å². The van der Waals surface area contributed by atoms with Gasteiger partial charge in [0, 0.05) is 20.2 Å². The predicted molar refractivity (Wildman–Crippen MR) is 127 cm³/mol. The number of furan rings is 1. The van der Waals surface area contributed by atoms with Crippen molar-refractivity contribution in [1.82, 2.24) is 5.32 Å². The lowest BCUT2D eigenvalue weighted by atomic mass is 10.2. The Morgan fingerprint density at radius 3 is 2.66 bits per heavy atom. The van der Waals surface area contributed by atoms with Crippen LogP contribution in [0, 0.1) is 9.39 Å². The van der Waals surface area contributed by atoms with Crippen LogP contribution >= 0.6 is 58.0 Å². The van der Waals surface area contributed by atoms with Crippen molar-refractivity contribution < 1.29 is 13.6 Å². The zero-order valence-corrected chi connectivity index (χ0v) is 19.0. The lowest BCUT2D eigenvalue weighted by Gasteiger charge is -2.09. The van der Waals surface area contributed by atoms with Gasteiger partial charge in [-0.05, 0) is 89.4 Å². The Labute approximate surface area is 195 Å². The van der Waals surface area contributed by atoms with Crippen LogP contribution in [0.4, 0.5) is 10.1 Å². The molecule has 0 saturated carbocycles. The molecule has 0 aliphatic heterocycles. The Balaban J connectivity index is 1.60. The van der Waals surface area contributed by atoms with Crippen LogP contribution < -0.4 is 10.6 Å². The van der Waals surface area contributed by atoms with E-state index in [4.69, 9.17) is 39.8 Å². The molecule has 29 heavy (non-hydrogen) atoms. The van der Waals surface area contributed by atoms with Crippen LogP contribution in [-0.4, -0.2) is 11.0 Å². The first-order chi connectivity index (χ1) is 13.8. The first kappa shape index (κ1) is 21.8. The second-order valence-electron chi connectivity index (χ2n) is 5.73. The second kappa shape index (κ2) is 9.71. The first-order valence-corrected chi connectivity index (χ1v) is 10.4. The van der Waals surface area contributed by atoms with Gasteiger partial charge in [-0.1, -0.05) is 23.2 Å². The molecule has 0 unspecified atom stereocenters. The maximum atomic E-state index is 13.8. The summed E-state index contributed by atoms with van der Waals surface area (Å²) in [4.78, 5) is 12.0. The van der Waals surface area contributed by atoms with Crippen molar-refractivity contribution in [3.8, 4) is 11.3 Å². The summed E-state index contributed by atoms with van der Waals surface area (Å²) in [7, 11) is 0. The highest BCUT2D eigenvalue weighted by Crippen LogP contribution is 2.31. The van der Waals surface area contributed by atoms with Crippen LogP contribution in [0.1, 0.15) is 5.76 Å². The van der Waals surface area contributed by atoms with Crippen LogP contribution in [0.25, 0.3) is 17.4 Å². The fourth-order valence-electron chi connectivity index (χ4n) is 2.33. The van der Waals surface area contributed by atoms with E-state index in [1.807, 2.05) is 22.6 Å². The molecule has 0 bridgehead atoms. The van der Waals surface area contributed by atoms with E-state index in [0.717, 1.165) is 3.57 Å². The monoisotopic (exact) mass is 560 g/mol. The minimum absolute atomic E-state index is 0.0205. The zero-order chi connectivity index (χ0) is 21.0. The number of carbonyl (C=O) groups is 1. The predicted octanol–water partition coefficient (Wildman–Crippen LogP) is 6.52. The Morgan fingerprint density at radius 2 is 1.93 bits per heavy atom. The molecule has 0 aliphatic carbocycles. The summed E-state index contributed by atoms with van der Waals surface area (Å²) in [6.45, 7) is 0. The van der Waals surface area contributed by atoms with Crippen LogP contribution in [0.15, 0.2) is 59.0 Å². The maximum absolute atomic E-state index is 13.8. The molecule has 0 spiro atoms. The number of nitrogens with one attached hydrogen (secondary N) is 2. The van der Waals surface area contributed by atoms with Crippen LogP contribution in [0.3, 0.4) is 0 Å². The van der Waals surface area contributed by atoms with Gasteiger partial charge in [0.2, 0.25) is 5.91 Å². The highest BCUT2D eigenvalue weighted by Gasteiger charge is 2.09. The first-order valence-electron chi connectivity index (χ1n) is 8.12. The molecule has 9 heteroatoms. The SMILES string of the molecule is O=C(/C=C/c1ccc(-c2ccc(Cl)cc2Cl)o1)NC(=S)Nc1ccc(I)cc1F. The van der Waals surface area contributed by atoms with E-state index < -0.39 is 11.7 Å². The normalized spacial score (nSPS) is 10.9. The molecule has 2 N–H and O–H groups in total. The summed E-state index contributed by atoms with van der Waals surface area (Å²) in [5.41, 5.74) is 0.861. The van der Waals surface area contributed by atoms with Gasteiger partial charge >= 0.3 is 0 Å². The average Bonchev–Trinajstić information content (AvgIpc) is 3.11. The molecular weight excluding hydrogens is 549 g/mol. The molecule has 0 atom stereocenters. The van der Waals surface area contributed by atoms with Gasteiger partial charge in [0.1, 0.15) is 17.3 Å². The van der Waals surface area contributed by atoms with Gasteiger partial charge in [-0.15, -0.1) is 0 Å². The standard InChI is InChI=1S/C20H12Cl2FIN2O2S/c21-11-1-5-14(15(22)9-11)18-7-3-13(28-18)4-8-19(27)26-20(29)25-17-6-2-12(24)10-16(17)23/h1-10H,(H2,25,26,27,29)/b8-4+. The summed E-state index contributed by atoms with van der Waals surface area (Å²) >= 11 is 19.1. The molecule has 0 saturated heterocycles. The molecule has 1 heterocycles. The molecule has 3 rings (SSSR count). The minimum atomic E-state index is -0.490. The zero-order valence-electron chi connectivity index (χ0n) is 14.5. The van der Waals surface area contributed by atoms with Crippen molar-refractivity contribution >= 4 is 80.8 Å². The molecule has 4 nitrogen and oxygen atoms in total. The smallest absolute Gasteiger partial charge is 0.250 e. The van der Waals surface area contributed by atoms with Gasteiger partial charge in [-0.25, -0.2) is 4.39 Å². The van der Waals surface area contributed by atoms with E-state index in [1.165, 1.54) is 24.3 Å². The van der Waals surface area contributed by atoms with Crippen molar-refractivity contribution in [2.45, 2.75) is 0 Å². The van der Waals surface area contributed by atoms with Gasteiger partial charge in [-0.3, -0.25) is 10.1 Å². The summed E-state index contributed by atoms with van der Waals surface area (Å²) in [5.74, 6) is 0.0331. The Kier molecular flexibility index (Phi) is 7.28. The number of rotatable bonds is 4. The molecule has 3 aromatic rings. The summed E-state index contributed by atoms with van der Waals surface area (Å²) in [6.07, 6.45) is 2.74. The Hall–Kier alpha value is -1.94. The quantitative estimate of drug-likeness (QED) is 0.216. The number of halogens is 4. The van der Waals surface area contributed by atoms with Crippen molar-refractivity contribution in [2.75, 3.05) is 5.32 Å². The molecule has 1 aromatic heterocycles. The minimum Gasteiger partial charge on any atom is -0.457 e. The number of hydrogen-bond acceptors (Lipinski definition) is 3. The van der Waals surface area contributed by atoms with Gasteiger partial charge in [0.25, 0.3) is 0 Å². The lowest BCUT2D eigenvalue weighted by Crippen LogP contribution is -2.33. The molecular formula is C20H12Cl2FIN2O2S. The largest absolute Gasteiger partial charge is 0.457 e. The topological polar surface area (TPSA) is 54.3 Å². The summed E-state index contributed by atoms with van der Waals surface area (Å²) in [5, 5.41) is 6.05. The van der Waals surface area contributed by atoms with Crippen LogP contribution in [0.2, 0.25) is 10.0 Å².